The van der Waals surface area contributed by atoms with E-state index < -0.39 is 26.4 Å². The predicted molar refractivity (Wildman–Crippen MR) is 107 cm³/mol. The Morgan fingerprint density at radius 2 is 1.76 bits per heavy atom. The van der Waals surface area contributed by atoms with Crippen molar-refractivity contribution in [2.75, 3.05) is 5.73 Å². The van der Waals surface area contributed by atoms with Crippen molar-refractivity contribution in [2.45, 2.75) is 36.9 Å². The Kier molecular flexibility index (Phi) is 4.74. The lowest BCUT2D eigenvalue weighted by molar-refractivity contribution is 0.369. The molecule has 2 aromatic carbocycles. The topological polar surface area (TPSA) is 112 Å². The van der Waals surface area contributed by atoms with Crippen LogP contribution in [-0.2, 0) is 14.8 Å². The van der Waals surface area contributed by atoms with Crippen molar-refractivity contribution in [3.63, 3.8) is 0 Å². The van der Waals surface area contributed by atoms with Gasteiger partial charge in [0.15, 0.2) is 0 Å². The van der Waals surface area contributed by atoms with Gasteiger partial charge in [0.2, 0.25) is 16.0 Å². The van der Waals surface area contributed by atoms with Gasteiger partial charge in [-0.3, -0.25) is 0 Å². The van der Waals surface area contributed by atoms with E-state index in [1.165, 1.54) is 18.3 Å². The van der Waals surface area contributed by atoms with Crippen molar-refractivity contribution in [3.05, 3.63) is 53.7 Å². The Balaban J connectivity index is 1.93. The highest BCUT2D eigenvalue weighted by atomic mass is 32.2. The lowest BCUT2D eigenvalue weighted by Crippen LogP contribution is -2.43. The van der Waals surface area contributed by atoms with Gasteiger partial charge in [-0.1, -0.05) is 31.4 Å². The lowest BCUT2D eigenvalue weighted by atomic mass is 9.81. The summed E-state index contributed by atoms with van der Waals surface area (Å²) in [4.78, 5) is 7.98. The van der Waals surface area contributed by atoms with Crippen molar-refractivity contribution in [2.24, 2.45) is 5.14 Å². The quantitative estimate of drug-likeness (QED) is 0.675. The summed E-state index contributed by atoms with van der Waals surface area (Å²) in [5, 5.41) is 6.10. The summed E-state index contributed by atoms with van der Waals surface area (Å²) in [5.74, 6) is -1.60. The third-order valence-corrected chi connectivity index (χ3v) is 7.39. The molecular weight excluding hydrogens is 398 g/mol. The zero-order valence-electron chi connectivity index (χ0n) is 15.5. The molecule has 0 spiro atoms. The fraction of sp³-hybridized carbons (Fsp3) is 0.300. The van der Waals surface area contributed by atoms with Crippen LogP contribution in [0.3, 0.4) is 0 Å². The van der Waals surface area contributed by atoms with Crippen molar-refractivity contribution < 1.29 is 17.2 Å². The molecule has 6 nitrogen and oxygen atoms in total. The molecule has 0 atom stereocenters. The SMILES string of the molecule is Nc1ncc2cc(-c3c(F)ccc(C4(S(N)(=O)=O)CCCCC4)c3F)ccc2n1. The van der Waals surface area contributed by atoms with E-state index in [0.717, 1.165) is 12.5 Å². The fourth-order valence-electron chi connectivity index (χ4n) is 4.20. The number of benzene rings is 2. The molecule has 1 aliphatic rings. The molecule has 0 unspecified atom stereocenters. The molecule has 29 heavy (non-hydrogen) atoms. The highest BCUT2D eigenvalue weighted by molar-refractivity contribution is 7.90. The molecule has 0 saturated heterocycles. The number of primary sulfonamides is 1. The molecular formula is C20H20F2N4O2S. The summed E-state index contributed by atoms with van der Waals surface area (Å²) in [6.07, 6.45) is 3.94. The maximum absolute atomic E-state index is 15.6. The minimum atomic E-state index is -4.11. The van der Waals surface area contributed by atoms with Crippen LogP contribution >= 0.6 is 0 Å². The van der Waals surface area contributed by atoms with E-state index in [-0.39, 0.29) is 35.5 Å². The summed E-state index contributed by atoms with van der Waals surface area (Å²) >= 11 is 0. The van der Waals surface area contributed by atoms with Gasteiger partial charge in [-0.25, -0.2) is 32.3 Å². The molecule has 3 aromatic rings. The van der Waals surface area contributed by atoms with Crippen LogP contribution in [0, 0.1) is 11.6 Å². The average molecular weight is 418 g/mol. The number of anilines is 1. The molecule has 1 aromatic heterocycles. The number of nitrogens with zero attached hydrogens (tertiary/aromatic N) is 2. The summed E-state index contributed by atoms with van der Waals surface area (Å²) in [6.45, 7) is 0. The molecule has 0 aliphatic heterocycles. The normalized spacial score (nSPS) is 16.8. The van der Waals surface area contributed by atoms with E-state index in [9.17, 15) is 12.8 Å². The van der Waals surface area contributed by atoms with Crippen LogP contribution in [0.1, 0.15) is 37.7 Å². The molecule has 4 N–H and O–H groups in total. The Hall–Kier alpha value is -2.65. The molecule has 0 amide bonds. The Morgan fingerprint density at radius 3 is 2.45 bits per heavy atom. The van der Waals surface area contributed by atoms with Gasteiger partial charge in [-0.15, -0.1) is 0 Å². The largest absolute Gasteiger partial charge is 0.368 e. The van der Waals surface area contributed by atoms with Crippen LogP contribution in [0.25, 0.3) is 22.0 Å². The minimum Gasteiger partial charge on any atom is -0.368 e. The van der Waals surface area contributed by atoms with E-state index in [0.29, 0.717) is 23.7 Å². The zero-order valence-corrected chi connectivity index (χ0v) is 16.3. The predicted octanol–water partition coefficient (Wildman–Crippen LogP) is 3.61. The third kappa shape index (κ3) is 3.24. The molecule has 9 heteroatoms. The zero-order chi connectivity index (χ0) is 20.8. The van der Waals surface area contributed by atoms with E-state index >= 15 is 4.39 Å². The molecule has 4 rings (SSSR count). The van der Waals surface area contributed by atoms with Crippen molar-refractivity contribution in [1.29, 1.82) is 0 Å². The van der Waals surface area contributed by atoms with E-state index in [1.807, 2.05) is 0 Å². The summed E-state index contributed by atoms with van der Waals surface area (Å²) in [5.41, 5.74) is 5.98. The van der Waals surface area contributed by atoms with Gasteiger partial charge in [0.25, 0.3) is 0 Å². The number of hydrogen-bond donors (Lipinski definition) is 2. The molecule has 1 fully saturated rings. The van der Waals surface area contributed by atoms with Crippen LogP contribution in [0.15, 0.2) is 36.5 Å². The first-order valence-electron chi connectivity index (χ1n) is 9.26. The Labute approximate surface area is 167 Å². The van der Waals surface area contributed by atoms with Gasteiger partial charge < -0.3 is 5.73 Å². The van der Waals surface area contributed by atoms with Crippen LogP contribution in [0.4, 0.5) is 14.7 Å². The number of nitrogens with two attached hydrogens (primary N) is 2. The molecule has 152 valence electrons. The second-order valence-corrected chi connectivity index (χ2v) is 9.26. The Morgan fingerprint density at radius 1 is 1.03 bits per heavy atom. The first-order valence-corrected chi connectivity index (χ1v) is 10.8. The van der Waals surface area contributed by atoms with Crippen molar-refractivity contribution in [1.82, 2.24) is 9.97 Å². The smallest absolute Gasteiger partial charge is 0.220 e. The van der Waals surface area contributed by atoms with Crippen LogP contribution in [0.5, 0.6) is 0 Å². The average Bonchev–Trinajstić information content (AvgIpc) is 2.68. The van der Waals surface area contributed by atoms with Crippen LogP contribution < -0.4 is 10.9 Å². The van der Waals surface area contributed by atoms with Gasteiger partial charge in [0, 0.05) is 17.1 Å². The minimum absolute atomic E-state index is 0.0789. The van der Waals surface area contributed by atoms with Gasteiger partial charge in [0.05, 0.1) is 11.1 Å². The van der Waals surface area contributed by atoms with Gasteiger partial charge >= 0.3 is 0 Å². The maximum atomic E-state index is 15.6. The second kappa shape index (κ2) is 7.00. The summed E-state index contributed by atoms with van der Waals surface area (Å²) < 4.78 is 53.8. The van der Waals surface area contributed by atoms with Gasteiger partial charge in [-0.2, -0.15) is 0 Å². The lowest BCUT2D eigenvalue weighted by Gasteiger charge is -2.36. The summed E-state index contributed by atoms with van der Waals surface area (Å²) in [7, 11) is -4.11. The number of sulfonamides is 1. The highest BCUT2D eigenvalue weighted by Gasteiger charge is 2.46. The van der Waals surface area contributed by atoms with Gasteiger partial charge in [0.1, 0.15) is 16.4 Å². The van der Waals surface area contributed by atoms with Crippen molar-refractivity contribution in [3.8, 4) is 11.1 Å². The molecule has 1 saturated carbocycles. The number of fused-ring (bicyclic) bond motifs is 1. The highest BCUT2D eigenvalue weighted by Crippen LogP contribution is 2.45. The Bertz CT molecular complexity index is 1210. The third-order valence-electron chi connectivity index (χ3n) is 5.67. The molecule has 1 aliphatic carbocycles. The van der Waals surface area contributed by atoms with Crippen LogP contribution in [0.2, 0.25) is 0 Å². The standard InChI is InChI=1S/C20H20F2N4O2S/c21-15-6-5-14(20(29(24,27)28)8-2-1-3-9-20)18(22)17(15)12-4-7-16-13(10-12)11-25-19(23)26-16/h4-7,10-11H,1-3,8-9H2,(H2,23,25,26)(H2,24,27,28). The summed E-state index contributed by atoms with van der Waals surface area (Å²) in [6, 6.07) is 6.95. The number of rotatable bonds is 3. The van der Waals surface area contributed by atoms with E-state index in [2.05, 4.69) is 9.97 Å². The van der Waals surface area contributed by atoms with Gasteiger partial charge in [-0.05, 0) is 36.6 Å². The number of nitrogen functional groups attached to an aromatic ring is 1. The molecule has 0 bridgehead atoms. The molecule has 1 heterocycles. The fourth-order valence-corrected chi connectivity index (χ4v) is 5.52. The maximum Gasteiger partial charge on any atom is 0.220 e. The molecule has 0 radical (unpaired) electrons. The van der Waals surface area contributed by atoms with E-state index in [4.69, 9.17) is 10.9 Å². The number of hydrogen-bond acceptors (Lipinski definition) is 5. The second-order valence-electron chi connectivity index (χ2n) is 7.39. The number of aromatic nitrogens is 2. The van der Waals surface area contributed by atoms with Crippen LogP contribution in [-0.4, -0.2) is 18.4 Å². The first kappa shape index (κ1) is 19.7. The van der Waals surface area contributed by atoms with E-state index in [1.54, 1.807) is 12.1 Å². The van der Waals surface area contributed by atoms with Crippen molar-refractivity contribution >= 4 is 26.9 Å². The monoisotopic (exact) mass is 418 g/mol. The number of halogens is 2. The first-order chi connectivity index (χ1) is 13.7.